The molecule has 42 heavy (non-hydrogen) atoms. The predicted octanol–water partition coefficient (Wildman–Crippen LogP) is 9.01. The number of hydrogen-bond donors (Lipinski definition) is 0. The third-order valence-electron chi connectivity index (χ3n) is 8.97. The molecule has 0 atom stereocenters. The maximum atomic E-state index is 4.88. The van der Waals surface area contributed by atoms with E-state index in [1.165, 1.54) is 31.8 Å². The van der Waals surface area contributed by atoms with Crippen LogP contribution in [0.15, 0.2) is 182 Å². The van der Waals surface area contributed by atoms with E-state index in [-0.39, 0.29) is 5.40 Å². The van der Waals surface area contributed by atoms with E-state index >= 15 is 0 Å². The average Bonchev–Trinajstić information content (AvgIpc) is 3.10. The van der Waals surface area contributed by atoms with Gasteiger partial charge in [0.2, 0.25) is 0 Å². The van der Waals surface area contributed by atoms with E-state index in [0.717, 1.165) is 0 Å². The molecule has 6 aromatic rings. The fourth-order valence-electron chi connectivity index (χ4n) is 6.91. The van der Waals surface area contributed by atoms with E-state index in [9.17, 15) is 0 Å². The molecule has 0 saturated carbocycles. The van der Waals surface area contributed by atoms with Gasteiger partial charge in [0.25, 0.3) is 0 Å². The molecule has 0 saturated heterocycles. The molecular weight excluding hydrogens is 678 g/mol. The van der Waals surface area contributed by atoms with Crippen molar-refractivity contribution in [2.24, 2.45) is 0 Å². The van der Waals surface area contributed by atoms with Crippen LogP contribution in [0, 0.1) is 0 Å². The normalized spacial score (nSPS) is 14.5. The predicted molar refractivity (Wildman–Crippen MR) is 198 cm³/mol. The molecule has 0 aliphatic rings. The Morgan fingerprint density at radius 3 is 0.595 bits per heavy atom. The van der Waals surface area contributed by atoms with E-state index in [4.69, 9.17) is 31.0 Å². The minimum atomic E-state index is -3.50. The van der Waals surface area contributed by atoms with Crippen LogP contribution in [0.3, 0.4) is 0 Å². The zero-order chi connectivity index (χ0) is 29.1. The van der Waals surface area contributed by atoms with E-state index in [0.29, 0.717) is 0 Å². The van der Waals surface area contributed by atoms with Gasteiger partial charge in [-0.2, -0.15) is 0 Å². The Bertz CT molecular complexity index is 1430. The van der Waals surface area contributed by atoms with Crippen LogP contribution in [0.4, 0.5) is 0 Å². The Kier molecular flexibility index (Phi) is 7.88. The van der Waals surface area contributed by atoms with Crippen molar-refractivity contribution >= 4 is 73.4 Å². The van der Waals surface area contributed by atoms with E-state index in [2.05, 4.69) is 189 Å². The molecule has 0 radical (unpaired) electrons. The summed E-state index contributed by atoms with van der Waals surface area (Å²) >= 11 is 9.76. The summed E-state index contributed by atoms with van der Waals surface area (Å²) in [7, 11) is 0. The van der Waals surface area contributed by atoms with E-state index in [1.807, 2.05) is 0 Å². The van der Waals surface area contributed by atoms with Crippen LogP contribution < -0.4 is 31.8 Å². The van der Waals surface area contributed by atoms with Crippen LogP contribution in [0.5, 0.6) is 0 Å². The molecule has 0 nitrogen and oxygen atoms in total. The Labute approximate surface area is 266 Å². The molecule has 0 N–H and O–H groups in total. The summed E-state index contributed by atoms with van der Waals surface area (Å²) in [4.78, 5) is 0. The third kappa shape index (κ3) is 4.07. The summed E-state index contributed by atoms with van der Waals surface area (Å²) in [5.41, 5.74) is 0. The molecule has 210 valence electrons. The van der Waals surface area contributed by atoms with Crippen LogP contribution in [0.25, 0.3) is 0 Å². The van der Waals surface area contributed by atoms with Crippen molar-refractivity contribution in [3.05, 3.63) is 182 Å². The average molecular weight is 712 g/mol. The molecule has 6 rings (SSSR count). The molecule has 0 aliphatic heterocycles. The molecular formula is C38H34Br2P2. The number of benzene rings is 6. The molecule has 4 heteroatoms. The molecule has 0 unspecified atom stereocenters. The van der Waals surface area contributed by atoms with Gasteiger partial charge in [0.05, 0.1) is 0 Å². The second-order valence-corrected chi connectivity index (χ2v) is 29.0. The molecule has 0 spiro atoms. The van der Waals surface area contributed by atoms with Crippen molar-refractivity contribution in [2.75, 3.05) is 0 Å². The van der Waals surface area contributed by atoms with E-state index in [1.54, 1.807) is 0 Å². The van der Waals surface area contributed by atoms with Crippen LogP contribution in [-0.2, 0) is 0 Å². The molecule has 0 aromatic heterocycles. The molecule has 6 aromatic carbocycles. The quantitative estimate of drug-likeness (QED) is 0.138. The van der Waals surface area contributed by atoms with E-state index < -0.39 is 10.6 Å². The van der Waals surface area contributed by atoms with Crippen molar-refractivity contribution in [2.45, 2.75) is 12.3 Å². The summed E-state index contributed by atoms with van der Waals surface area (Å²) in [5.74, 6) is 0. The Morgan fingerprint density at radius 2 is 0.452 bits per heavy atom. The van der Waals surface area contributed by atoms with Gasteiger partial charge in [-0.05, 0) is 0 Å². The van der Waals surface area contributed by atoms with Crippen LogP contribution >= 0.6 is 41.6 Å². The summed E-state index contributed by atoms with van der Waals surface area (Å²) in [5, 5.41) is 0.895. The molecule has 0 heterocycles. The Balaban J connectivity index is 1.91. The summed E-state index contributed by atoms with van der Waals surface area (Å²) in [6.07, 6.45) is 0. The van der Waals surface area contributed by atoms with Gasteiger partial charge in [0.1, 0.15) is 0 Å². The first-order valence-electron chi connectivity index (χ1n) is 14.2. The first kappa shape index (κ1) is 29.2. The van der Waals surface area contributed by atoms with Gasteiger partial charge in [-0.25, -0.2) is 0 Å². The number of rotatable bonds is 8. The minimum absolute atomic E-state index is 0.0430. The van der Waals surface area contributed by atoms with Crippen LogP contribution in [-0.4, -0.2) is 5.40 Å². The van der Waals surface area contributed by atoms with Gasteiger partial charge in [0.15, 0.2) is 0 Å². The van der Waals surface area contributed by atoms with Crippen LogP contribution in [0.1, 0.15) is 6.92 Å². The fourth-order valence-corrected chi connectivity index (χ4v) is 34.5. The SMILES string of the molecule is CC(P(Br)(c1ccccc1)(c1ccccc1)c1ccccc1)P(Br)(c1ccccc1)(c1ccccc1)c1ccccc1. The fraction of sp³-hybridized carbons (Fsp3) is 0.0526. The van der Waals surface area contributed by atoms with Crippen molar-refractivity contribution < 1.29 is 0 Å². The zero-order valence-electron chi connectivity index (χ0n) is 23.5. The zero-order valence-corrected chi connectivity index (χ0v) is 28.5. The first-order chi connectivity index (χ1) is 20.4. The Morgan fingerprint density at radius 1 is 0.310 bits per heavy atom. The van der Waals surface area contributed by atoms with Gasteiger partial charge >= 0.3 is 268 Å². The van der Waals surface area contributed by atoms with Crippen molar-refractivity contribution in [3.63, 3.8) is 0 Å². The summed E-state index contributed by atoms with van der Waals surface area (Å²) in [6, 6.07) is 67.0. The topological polar surface area (TPSA) is 0 Å². The van der Waals surface area contributed by atoms with Gasteiger partial charge in [0, 0.05) is 0 Å². The number of halogens is 2. The van der Waals surface area contributed by atoms with Gasteiger partial charge in [-0.15, -0.1) is 0 Å². The molecule has 0 aliphatic carbocycles. The summed E-state index contributed by atoms with van der Waals surface area (Å²) in [6.45, 7) is 2.50. The monoisotopic (exact) mass is 710 g/mol. The van der Waals surface area contributed by atoms with Crippen LogP contribution in [0.2, 0.25) is 0 Å². The summed E-state index contributed by atoms with van der Waals surface area (Å²) < 4.78 is 0. The van der Waals surface area contributed by atoms with Crippen molar-refractivity contribution in [1.29, 1.82) is 0 Å². The van der Waals surface area contributed by atoms with Gasteiger partial charge in [-0.3, -0.25) is 0 Å². The first-order valence-corrected chi connectivity index (χ1v) is 22.9. The second kappa shape index (κ2) is 11.3. The van der Waals surface area contributed by atoms with Gasteiger partial charge in [-0.1, -0.05) is 0 Å². The Hall–Kier alpha value is -2.86. The number of hydrogen-bond acceptors (Lipinski definition) is 0. The standard InChI is InChI=1S/C38H34Br2P2/c1-32(41(39,33-20-8-2-9-21-33,34-22-10-3-11-23-34)35-24-12-4-13-25-35)42(40,36-26-14-5-15-27-36,37-28-16-6-17-29-37)38-30-18-7-19-31-38/h2-32H,1H3. The van der Waals surface area contributed by atoms with Crippen molar-refractivity contribution in [1.82, 2.24) is 0 Å². The van der Waals surface area contributed by atoms with Crippen molar-refractivity contribution in [3.8, 4) is 0 Å². The van der Waals surface area contributed by atoms with Gasteiger partial charge < -0.3 is 0 Å². The molecule has 0 bridgehead atoms. The molecule has 0 fully saturated rings. The maximum absolute atomic E-state index is 4.88. The third-order valence-corrected chi connectivity index (χ3v) is 35.4. The second-order valence-electron chi connectivity index (χ2n) is 10.8. The molecule has 0 amide bonds.